The summed E-state index contributed by atoms with van der Waals surface area (Å²) >= 11 is 0. The largest absolute Gasteiger partial charge is 0.481 e. The van der Waals surface area contributed by atoms with E-state index in [1.165, 1.54) is 38.5 Å². The molecule has 0 rings (SSSR count). The summed E-state index contributed by atoms with van der Waals surface area (Å²) in [6.07, 6.45) is 9.13. The Labute approximate surface area is 87.7 Å². The molecular formula is C12H24O2. The van der Waals surface area contributed by atoms with Gasteiger partial charge in [0.1, 0.15) is 0 Å². The van der Waals surface area contributed by atoms with E-state index in [-0.39, 0.29) is 0 Å². The molecule has 0 aromatic carbocycles. The lowest BCUT2D eigenvalue weighted by molar-refractivity contribution is -0.138. The minimum absolute atomic E-state index is 0.328. The zero-order valence-electron chi connectivity index (χ0n) is 9.59. The molecule has 0 aromatic rings. The van der Waals surface area contributed by atoms with E-state index in [0.29, 0.717) is 12.3 Å². The maximum atomic E-state index is 10.4. The molecule has 84 valence electrons. The van der Waals surface area contributed by atoms with Crippen molar-refractivity contribution < 1.29 is 9.90 Å². The van der Waals surface area contributed by atoms with Crippen molar-refractivity contribution in [3.63, 3.8) is 0 Å². The highest BCUT2D eigenvalue weighted by molar-refractivity contribution is 5.66. The third-order valence-corrected chi connectivity index (χ3v) is 2.57. The highest BCUT2D eigenvalue weighted by Crippen LogP contribution is 2.14. The first-order chi connectivity index (χ1) is 6.66. The molecule has 0 aliphatic heterocycles. The number of hydrogen-bond acceptors (Lipinski definition) is 1. The van der Waals surface area contributed by atoms with Crippen LogP contribution in [0.15, 0.2) is 0 Å². The molecule has 1 atom stereocenters. The van der Waals surface area contributed by atoms with Gasteiger partial charge in [-0.05, 0) is 5.92 Å². The standard InChI is InChI=1S/C12H24O2/c1-3-4-5-6-7-8-9-11(2)10-12(13)14/h11H,3-10H2,1-2H3,(H,13,14)/t11-/m1/s1. The summed E-state index contributed by atoms with van der Waals surface area (Å²) in [5, 5.41) is 8.56. The Hall–Kier alpha value is -0.530. The van der Waals surface area contributed by atoms with Crippen LogP contribution in [0, 0.1) is 5.92 Å². The molecule has 0 saturated heterocycles. The second-order valence-corrected chi connectivity index (χ2v) is 4.26. The van der Waals surface area contributed by atoms with Crippen molar-refractivity contribution in [2.45, 2.75) is 65.2 Å². The highest BCUT2D eigenvalue weighted by Gasteiger charge is 2.06. The number of carboxylic acids is 1. The van der Waals surface area contributed by atoms with Crippen LogP contribution in [0.25, 0.3) is 0 Å². The van der Waals surface area contributed by atoms with Crippen molar-refractivity contribution in [3.8, 4) is 0 Å². The topological polar surface area (TPSA) is 37.3 Å². The van der Waals surface area contributed by atoms with Gasteiger partial charge in [-0.3, -0.25) is 4.79 Å². The van der Waals surface area contributed by atoms with E-state index in [1.807, 2.05) is 6.92 Å². The molecule has 2 nitrogen and oxygen atoms in total. The third kappa shape index (κ3) is 9.56. The molecule has 0 heterocycles. The fourth-order valence-electron chi connectivity index (χ4n) is 1.67. The molecule has 14 heavy (non-hydrogen) atoms. The predicted molar refractivity (Wildman–Crippen MR) is 59.4 cm³/mol. The third-order valence-electron chi connectivity index (χ3n) is 2.57. The van der Waals surface area contributed by atoms with Crippen LogP contribution in [0.1, 0.15) is 65.2 Å². The monoisotopic (exact) mass is 200 g/mol. The fourth-order valence-corrected chi connectivity index (χ4v) is 1.67. The quantitative estimate of drug-likeness (QED) is 0.574. The van der Waals surface area contributed by atoms with Gasteiger partial charge in [-0.15, -0.1) is 0 Å². The average molecular weight is 200 g/mol. The van der Waals surface area contributed by atoms with Crippen molar-refractivity contribution in [3.05, 3.63) is 0 Å². The summed E-state index contributed by atoms with van der Waals surface area (Å²) in [6, 6.07) is 0. The van der Waals surface area contributed by atoms with E-state index in [2.05, 4.69) is 6.92 Å². The average Bonchev–Trinajstić information content (AvgIpc) is 2.10. The number of aliphatic carboxylic acids is 1. The maximum absolute atomic E-state index is 10.4. The Morgan fingerprint density at radius 2 is 1.71 bits per heavy atom. The molecule has 0 amide bonds. The molecule has 0 saturated carbocycles. The lowest BCUT2D eigenvalue weighted by atomic mass is 9.99. The van der Waals surface area contributed by atoms with Gasteiger partial charge < -0.3 is 5.11 Å². The molecule has 2 heteroatoms. The molecule has 0 unspecified atom stereocenters. The smallest absolute Gasteiger partial charge is 0.303 e. The number of unbranched alkanes of at least 4 members (excludes halogenated alkanes) is 5. The molecule has 0 spiro atoms. The van der Waals surface area contributed by atoms with Gasteiger partial charge in [0.15, 0.2) is 0 Å². The molecular weight excluding hydrogens is 176 g/mol. The summed E-state index contributed by atoms with van der Waals surface area (Å²) in [4.78, 5) is 10.4. The van der Waals surface area contributed by atoms with Crippen molar-refractivity contribution >= 4 is 5.97 Å². The summed E-state index contributed by atoms with van der Waals surface area (Å²) in [5.74, 6) is -0.317. The first kappa shape index (κ1) is 13.5. The first-order valence-electron chi connectivity index (χ1n) is 5.88. The maximum Gasteiger partial charge on any atom is 0.303 e. The Morgan fingerprint density at radius 1 is 1.14 bits per heavy atom. The van der Waals surface area contributed by atoms with E-state index in [4.69, 9.17) is 5.11 Å². The first-order valence-corrected chi connectivity index (χ1v) is 5.88. The van der Waals surface area contributed by atoms with Gasteiger partial charge in [-0.1, -0.05) is 58.8 Å². The summed E-state index contributed by atoms with van der Waals surface area (Å²) in [5.41, 5.74) is 0. The summed E-state index contributed by atoms with van der Waals surface area (Å²) in [7, 11) is 0. The zero-order chi connectivity index (χ0) is 10.8. The SMILES string of the molecule is CCCCCCCC[C@@H](C)CC(=O)O. The second kappa shape index (κ2) is 9.04. The number of hydrogen-bond donors (Lipinski definition) is 1. The van der Waals surface area contributed by atoms with Crippen LogP contribution in [0.4, 0.5) is 0 Å². The summed E-state index contributed by atoms with van der Waals surface area (Å²) in [6.45, 7) is 4.25. The highest BCUT2D eigenvalue weighted by atomic mass is 16.4. The van der Waals surface area contributed by atoms with Crippen molar-refractivity contribution in [1.29, 1.82) is 0 Å². The number of rotatable bonds is 9. The van der Waals surface area contributed by atoms with Gasteiger partial charge >= 0.3 is 5.97 Å². The molecule has 0 fully saturated rings. The van der Waals surface area contributed by atoms with Crippen LogP contribution in [0.5, 0.6) is 0 Å². The number of carboxylic acid groups (broad SMARTS) is 1. The Balaban J connectivity index is 3.14. The Morgan fingerprint density at radius 3 is 2.29 bits per heavy atom. The van der Waals surface area contributed by atoms with Gasteiger partial charge in [-0.25, -0.2) is 0 Å². The molecule has 0 bridgehead atoms. The normalized spacial score (nSPS) is 12.7. The number of carbonyl (C=O) groups is 1. The van der Waals surface area contributed by atoms with Crippen LogP contribution in [0.3, 0.4) is 0 Å². The van der Waals surface area contributed by atoms with Crippen molar-refractivity contribution in [2.24, 2.45) is 5.92 Å². The molecule has 0 aromatic heterocycles. The van der Waals surface area contributed by atoms with Crippen LogP contribution >= 0.6 is 0 Å². The fraction of sp³-hybridized carbons (Fsp3) is 0.917. The minimum Gasteiger partial charge on any atom is -0.481 e. The van der Waals surface area contributed by atoms with Crippen LogP contribution in [0.2, 0.25) is 0 Å². The van der Waals surface area contributed by atoms with Gasteiger partial charge in [0.25, 0.3) is 0 Å². The zero-order valence-corrected chi connectivity index (χ0v) is 9.59. The predicted octanol–water partition coefficient (Wildman–Crippen LogP) is 3.85. The van der Waals surface area contributed by atoms with Gasteiger partial charge in [-0.2, -0.15) is 0 Å². The van der Waals surface area contributed by atoms with Crippen molar-refractivity contribution in [2.75, 3.05) is 0 Å². The summed E-state index contributed by atoms with van der Waals surface area (Å²) < 4.78 is 0. The van der Waals surface area contributed by atoms with E-state index < -0.39 is 5.97 Å². The van der Waals surface area contributed by atoms with Crippen LogP contribution in [-0.4, -0.2) is 11.1 Å². The van der Waals surface area contributed by atoms with Gasteiger partial charge in [0, 0.05) is 6.42 Å². The minimum atomic E-state index is -0.663. The Bertz CT molecular complexity index is 143. The molecule has 0 aliphatic carbocycles. The van der Waals surface area contributed by atoms with E-state index in [0.717, 1.165) is 6.42 Å². The lowest BCUT2D eigenvalue weighted by Gasteiger charge is -2.07. The second-order valence-electron chi connectivity index (χ2n) is 4.26. The van der Waals surface area contributed by atoms with E-state index in [1.54, 1.807) is 0 Å². The lowest BCUT2D eigenvalue weighted by Crippen LogP contribution is -2.03. The Kier molecular flexibility index (Phi) is 8.70. The van der Waals surface area contributed by atoms with Crippen LogP contribution < -0.4 is 0 Å². The molecule has 0 radical (unpaired) electrons. The van der Waals surface area contributed by atoms with E-state index in [9.17, 15) is 4.79 Å². The van der Waals surface area contributed by atoms with Gasteiger partial charge in [0.05, 0.1) is 0 Å². The van der Waals surface area contributed by atoms with Gasteiger partial charge in [0.2, 0.25) is 0 Å². The van der Waals surface area contributed by atoms with E-state index >= 15 is 0 Å². The van der Waals surface area contributed by atoms with Crippen molar-refractivity contribution in [1.82, 2.24) is 0 Å². The molecule has 0 aliphatic rings. The molecule has 1 N–H and O–H groups in total. The van der Waals surface area contributed by atoms with Crippen LogP contribution in [-0.2, 0) is 4.79 Å².